The van der Waals surface area contributed by atoms with Gasteiger partial charge in [0.15, 0.2) is 0 Å². The van der Waals surface area contributed by atoms with E-state index in [0.717, 1.165) is 12.2 Å². The minimum Gasteiger partial charge on any atom is -0.309 e. The first-order valence-electron chi connectivity index (χ1n) is 3.70. The third-order valence-electron chi connectivity index (χ3n) is 1.93. The number of nitrogens with zero attached hydrogens (tertiary/aromatic N) is 2. The van der Waals surface area contributed by atoms with Crippen molar-refractivity contribution in [1.29, 1.82) is 0 Å². The molecule has 0 fully saturated rings. The molecule has 58 valence electrons. The lowest BCUT2D eigenvalue weighted by molar-refractivity contribution is 0.728. The van der Waals surface area contributed by atoms with Crippen LogP contribution in [0.15, 0.2) is 12.3 Å². The van der Waals surface area contributed by atoms with Gasteiger partial charge in [-0.15, -0.1) is 0 Å². The number of hydrogen-bond donors (Lipinski definition) is 1. The Labute approximate surface area is 66.0 Å². The molecular weight excluding hydrogens is 138 g/mol. The van der Waals surface area contributed by atoms with Gasteiger partial charge in [-0.3, -0.25) is 4.98 Å². The van der Waals surface area contributed by atoms with Crippen LogP contribution in [0, 0.1) is 6.92 Å². The van der Waals surface area contributed by atoms with E-state index in [-0.39, 0.29) is 0 Å². The molecule has 0 aromatic carbocycles. The van der Waals surface area contributed by atoms with Crippen LogP contribution in [0.4, 0.5) is 5.69 Å². The zero-order valence-corrected chi connectivity index (χ0v) is 6.76. The molecule has 0 unspecified atom stereocenters. The molecule has 0 saturated carbocycles. The number of pyridine rings is 1. The number of anilines is 1. The average molecular weight is 149 g/mol. The minimum absolute atomic E-state index is 0.853. The van der Waals surface area contributed by atoms with Crippen LogP contribution >= 0.6 is 0 Å². The molecule has 1 aromatic rings. The van der Waals surface area contributed by atoms with E-state index < -0.39 is 0 Å². The van der Waals surface area contributed by atoms with Gasteiger partial charge in [0.2, 0.25) is 0 Å². The second-order valence-corrected chi connectivity index (χ2v) is 2.87. The standard InChI is InChI=1S/C8H11N3/c1-6-3-8-7(9-4-6)5-10-11(8)2/h3-4,10H,5H2,1-2H3. The molecule has 2 rings (SSSR count). The molecule has 2 heterocycles. The molecule has 0 radical (unpaired) electrons. The van der Waals surface area contributed by atoms with Crippen LogP contribution in [0.25, 0.3) is 0 Å². The topological polar surface area (TPSA) is 28.2 Å². The predicted octanol–water partition coefficient (Wildman–Crippen LogP) is 0.844. The van der Waals surface area contributed by atoms with Crippen molar-refractivity contribution in [2.45, 2.75) is 13.5 Å². The van der Waals surface area contributed by atoms with Crippen molar-refractivity contribution in [2.75, 3.05) is 12.1 Å². The smallest absolute Gasteiger partial charge is 0.0807 e. The lowest BCUT2D eigenvalue weighted by atomic mass is 10.2. The molecule has 0 bridgehead atoms. The molecule has 0 atom stereocenters. The summed E-state index contributed by atoms with van der Waals surface area (Å²) >= 11 is 0. The summed E-state index contributed by atoms with van der Waals surface area (Å²) in [6, 6.07) is 2.14. The number of aromatic nitrogens is 1. The molecule has 0 saturated heterocycles. The van der Waals surface area contributed by atoms with E-state index in [2.05, 4.69) is 23.4 Å². The van der Waals surface area contributed by atoms with Gasteiger partial charge in [-0.2, -0.15) is 0 Å². The predicted molar refractivity (Wildman–Crippen MR) is 44.2 cm³/mol. The van der Waals surface area contributed by atoms with Crippen LogP contribution in [0.1, 0.15) is 11.3 Å². The maximum absolute atomic E-state index is 4.31. The highest BCUT2D eigenvalue weighted by Crippen LogP contribution is 2.21. The van der Waals surface area contributed by atoms with E-state index in [1.54, 1.807) is 0 Å². The second kappa shape index (κ2) is 2.20. The number of nitrogens with one attached hydrogen (secondary N) is 1. The van der Waals surface area contributed by atoms with Crippen LogP contribution in [0.5, 0.6) is 0 Å². The summed E-state index contributed by atoms with van der Waals surface area (Å²) in [5.41, 5.74) is 6.73. The molecule has 3 heteroatoms. The SMILES string of the molecule is Cc1cnc2c(c1)N(C)NC2. The first-order valence-corrected chi connectivity index (χ1v) is 3.70. The molecule has 1 N–H and O–H groups in total. The van der Waals surface area contributed by atoms with Crippen LogP contribution in [0.2, 0.25) is 0 Å². The molecule has 0 amide bonds. The number of hydrazine groups is 1. The maximum atomic E-state index is 4.31. The monoisotopic (exact) mass is 149 g/mol. The van der Waals surface area contributed by atoms with Crippen molar-refractivity contribution in [1.82, 2.24) is 10.4 Å². The Balaban J connectivity index is 2.52. The number of rotatable bonds is 0. The Bertz CT molecular complexity index is 283. The van der Waals surface area contributed by atoms with Gasteiger partial charge in [0.25, 0.3) is 0 Å². The molecular formula is C8H11N3. The largest absolute Gasteiger partial charge is 0.309 e. The van der Waals surface area contributed by atoms with Crippen molar-refractivity contribution in [3.63, 3.8) is 0 Å². The summed E-state index contributed by atoms with van der Waals surface area (Å²) in [5, 5.41) is 2.01. The fourth-order valence-corrected chi connectivity index (χ4v) is 1.29. The van der Waals surface area contributed by atoms with Crippen molar-refractivity contribution in [3.05, 3.63) is 23.5 Å². The van der Waals surface area contributed by atoms with Crippen molar-refractivity contribution < 1.29 is 0 Å². The zero-order valence-electron chi connectivity index (χ0n) is 6.76. The highest BCUT2D eigenvalue weighted by atomic mass is 15.5. The normalized spacial score (nSPS) is 15.3. The highest BCUT2D eigenvalue weighted by molar-refractivity contribution is 5.53. The third kappa shape index (κ3) is 0.973. The highest BCUT2D eigenvalue weighted by Gasteiger charge is 2.15. The van der Waals surface area contributed by atoms with Crippen LogP contribution in [-0.4, -0.2) is 12.0 Å². The van der Waals surface area contributed by atoms with Gasteiger partial charge in [-0.25, -0.2) is 5.43 Å². The summed E-state index contributed by atoms with van der Waals surface area (Å²) in [6.45, 7) is 2.91. The fourth-order valence-electron chi connectivity index (χ4n) is 1.29. The summed E-state index contributed by atoms with van der Waals surface area (Å²) < 4.78 is 0. The summed E-state index contributed by atoms with van der Waals surface area (Å²) in [4.78, 5) is 4.31. The summed E-state index contributed by atoms with van der Waals surface area (Å²) in [5.74, 6) is 0. The van der Waals surface area contributed by atoms with Crippen LogP contribution in [0.3, 0.4) is 0 Å². The Hall–Kier alpha value is -1.09. The van der Waals surface area contributed by atoms with E-state index in [0.29, 0.717) is 0 Å². The molecule has 0 aliphatic carbocycles. The second-order valence-electron chi connectivity index (χ2n) is 2.87. The fraction of sp³-hybridized carbons (Fsp3) is 0.375. The third-order valence-corrected chi connectivity index (χ3v) is 1.93. The molecule has 3 nitrogen and oxygen atoms in total. The average Bonchev–Trinajstić information content (AvgIpc) is 2.33. The van der Waals surface area contributed by atoms with Gasteiger partial charge in [0.05, 0.1) is 17.9 Å². The quantitative estimate of drug-likeness (QED) is 0.592. The van der Waals surface area contributed by atoms with Crippen LogP contribution < -0.4 is 10.4 Å². The first-order chi connectivity index (χ1) is 5.27. The van der Waals surface area contributed by atoms with Crippen molar-refractivity contribution >= 4 is 5.69 Å². The van der Waals surface area contributed by atoms with E-state index in [1.165, 1.54) is 11.3 Å². The van der Waals surface area contributed by atoms with E-state index >= 15 is 0 Å². The van der Waals surface area contributed by atoms with Crippen LogP contribution in [-0.2, 0) is 6.54 Å². The first kappa shape index (κ1) is 6.61. The molecule has 1 aliphatic heterocycles. The van der Waals surface area contributed by atoms with E-state index in [9.17, 15) is 0 Å². The summed E-state index contributed by atoms with van der Waals surface area (Å²) in [7, 11) is 2.01. The lowest BCUT2D eigenvalue weighted by Crippen LogP contribution is -2.26. The van der Waals surface area contributed by atoms with Gasteiger partial charge < -0.3 is 5.01 Å². The molecule has 11 heavy (non-hydrogen) atoms. The van der Waals surface area contributed by atoms with E-state index in [4.69, 9.17) is 0 Å². The minimum atomic E-state index is 0.853. The van der Waals surface area contributed by atoms with Gasteiger partial charge in [0.1, 0.15) is 0 Å². The Kier molecular flexibility index (Phi) is 1.32. The number of hydrogen-bond acceptors (Lipinski definition) is 3. The molecule has 1 aromatic heterocycles. The maximum Gasteiger partial charge on any atom is 0.0807 e. The van der Waals surface area contributed by atoms with Gasteiger partial charge >= 0.3 is 0 Å². The lowest BCUT2D eigenvalue weighted by Gasteiger charge is -2.10. The number of aryl methyl sites for hydroxylation is 1. The van der Waals surface area contributed by atoms with Gasteiger partial charge in [-0.05, 0) is 18.6 Å². The number of fused-ring (bicyclic) bond motifs is 1. The molecule has 1 aliphatic rings. The molecule has 0 spiro atoms. The van der Waals surface area contributed by atoms with Crippen molar-refractivity contribution in [2.24, 2.45) is 0 Å². The van der Waals surface area contributed by atoms with Gasteiger partial charge in [-0.1, -0.05) is 0 Å². The van der Waals surface area contributed by atoms with Gasteiger partial charge in [0, 0.05) is 13.2 Å². The van der Waals surface area contributed by atoms with E-state index in [1.807, 2.05) is 18.3 Å². The Morgan fingerprint density at radius 3 is 3.27 bits per heavy atom. The Morgan fingerprint density at radius 1 is 1.64 bits per heavy atom. The summed E-state index contributed by atoms with van der Waals surface area (Å²) in [6.07, 6.45) is 1.90. The zero-order chi connectivity index (χ0) is 7.84. The van der Waals surface area contributed by atoms with Crippen molar-refractivity contribution in [3.8, 4) is 0 Å². The Morgan fingerprint density at radius 2 is 2.45 bits per heavy atom.